The van der Waals surface area contributed by atoms with E-state index in [-0.39, 0.29) is 18.2 Å². The van der Waals surface area contributed by atoms with Crippen molar-refractivity contribution in [2.24, 2.45) is 0 Å². The van der Waals surface area contributed by atoms with Crippen LogP contribution in [0.4, 0.5) is 4.79 Å². The quantitative estimate of drug-likeness (QED) is 0.644. The van der Waals surface area contributed by atoms with Crippen molar-refractivity contribution in [3.8, 4) is 0 Å². The molecule has 0 bridgehead atoms. The molecule has 1 spiro atoms. The lowest BCUT2D eigenvalue weighted by atomic mass is 9.82. The molecular weight excluding hydrogens is 380 g/mol. The van der Waals surface area contributed by atoms with Crippen LogP contribution in [0.2, 0.25) is 0 Å². The third-order valence-electron chi connectivity index (χ3n) is 6.61. The zero-order valence-electron chi connectivity index (χ0n) is 17.8. The van der Waals surface area contributed by atoms with Gasteiger partial charge in [0.1, 0.15) is 5.54 Å². The summed E-state index contributed by atoms with van der Waals surface area (Å²) in [5, 5.41) is 3.72. The van der Waals surface area contributed by atoms with Gasteiger partial charge in [0.15, 0.2) is 0 Å². The van der Waals surface area contributed by atoms with Crippen LogP contribution in [-0.4, -0.2) is 45.9 Å². The summed E-state index contributed by atoms with van der Waals surface area (Å²) < 4.78 is 0. The Balaban J connectivity index is 1.30. The highest BCUT2D eigenvalue weighted by Gasteiger charge is 2.52. The molecule has 7 heteroatoms. The molecule has 3 fully saturated rings. The summed E-state index contributed by atoms with van der Waals surface area (Å²) >= 11 is 0. The highest BCUT2D eigenvalue weighted by Crippen LogP contribution is 2.33. The maximum atomic E-state index is 12.8. The van der Waals surface area contributed by atoms with Gasteiger partial charge < -0.3 is 5.32 Å². The van der Waals surface area contributed by atoms with Crippen molar-refractivity contribution in [2.45, 2.75) is 82.8 Å². The fourth-order valence-electron chi connectivity index (χ4n) is 4.59. The summed E-state index contributed by atoms with van der Waals surface area (Å²) in [6.45, 7) is 3.57. The molecule has 1 saturated heterocycles. The van der Waals surface area contributed by atoms with Crippen LogP contribution < -0.4 is 10.7 Å². The fourth-order valence-corrected chi connectivity index (χ4v) is 4.59. The molecule has 2 saturated carbocycles. The van der Waals surface area contributed by atoms with E-state index in [1.165, 1.54) is 11.1 Å². The molecule has 1 aromatic rings. The van der Waals surface area contributed by atoms with Gasteiger partial charge in [-0.15, -0.1) is 0 Å². The first-order chi connectivity index (χ1) is 14.5. The number of aryl methyl sites for hydroxylation is 1. The van der Waals surface area contributed by atoms with Crippen molar-refractivity contribution >= 4 is 17.8 Å². The first-order valence-electron chi connectivity index (χ1n) is 11.3. The predicted octanol–water partition coefficient (Wildman–Crippen LogP) is 2.89. The van der Waals surface area contributed by atoms with Gasteiger partial charge in [0.2, 0.25) is 5.91 Å². The molecule has 1 aliphatic heterocycles. The lowest BCUT2D eigenvalue weighted by Crippen LogP contribution is -2.51. The number of urea groups is 1. The minimum Gasteiger partial charge on any atom is -0.322 e. The van der Waals surface area contributed by atoms with E-state index in [2.05, 4.69) is 46.8 Å². The van der Waals surface area contributed by atoms with Crippen molar-refractivity contribution in [1.29, 1.82) is 0 Å². The third kappa shape index (κ3) is 4.51. The molecule has 1 heterocycles. The number of nitrogens with zero attached hydrogens (tertiary/aromatic N) is 2. The zero-order chi connectivity index (χ0) is 21.1. The summed E-state index contributed by atoms with van der Waals surface area (Å²) in [5.41, 5.74) is 4.30. The van der Waals surface area contributed by atoms with E-state index in [0.29, 0.717) is 25.4 Å². The maximum absolute atomic E-state index is 12.8. The SMILES string of the molecule is CCc1ccc(CN(CCC(=O)NN2C(=O)NC3(CCCCC3)C2=O)C2CC2)cc1. The Morgan fingerprint density at radius 3 is 2.43 bits per heavy atom. The average Bonchev–Trinajstić information content (AvgIpc) is 3.57. The van der Waals surface area contributed by atoms with Crippen molar-refractivity contribution in [3.63, 3.8) is 0 Å². The molecule has 7 nitrogen and oxygen atoms in total. The number of amides is 4. The van der Waals surface area contributed by atoms with Gasteiger partial charge in [-0.3, -0.25) is 19.9 Å². The van der Waals surface area contributed by atoms with Crippen LogP contribution in [0.3, 0.4) is 0 Å². The van der Waals surface area contributed by atoms with Crippen molar-refractivity contribution in [2.75, 3.05) is 6.54 Å². The van der Waals surface area contributed by atoms with Crippen LogP contribution in [0.15, 0.2) is 24.3 Å². The van der Waals surface area contributed by atoms with Gasteiger partial charge in [0.05, 0.1) is 0 Å². The molecule has 0 unspecified atom stereocenters. The van der Waals surface area contributed by atoms with Crippen LogP contribution in [0.25, 0.3) is 0 Å². The zero-order valence-corrected chi connectivity index (χ0v) is 17.8. The Labute approximate surface area is 178 Å². The number of hydrogen-bond donors (Lipinski definition) is 2. The minimum atomic E-state index is -0.812. The second-order valence-electron chi connectivity index (χ2n) is 8.87. The number of hydrogen-bond acceptors (Lipinski definition) is 4. The number of rotatable bonds is 8. The number of nitrogens with one attached hydrogen (secondary N) is 2. The topological polar surface area (TPSA) is 81.8 Å². The highest BCUT2D eigenvalue weighted by atomic mass is 16.2. The molecular formula is C23H32N4O3. The van der Waals surface area contributed by atoms with E-state index in [1.807, 2.05) is 0 Å². The number of imide groups is 1. The normalized spacial score (nSPS) is 20.7. The Kier molecular flexibility index (Phi) is 6.09. The van der Waals surface area contributed by atoms with Gasteiger partial charge in [-0.2, -0.15) is 5.01 Å². The Morgan fingerprint density at radius 1 is 1.13 bits per heavy atom. The van der Waals surface area contributed by atoms with Gasteiger partial charge in [-0.05, 0) is 43.2 Å². The van der Waals surface area contributed by atoms with Crippen LogP contribution >= 0.6 is 0 Å². The number of carbonyl (C=O) groups is 3. The van der Waals surface area contributed by atoms with E-state index in [9.17, 15) is 14.4 Å². The summed E-state index contributed by atoms with van der Waals surface area (Å²) in [6, 6.07) is 8.64. The first kappa shape index (κ1) is 20.8. The van der Waals surface area contributed by atoms with E-state index >= 15 is 0 Å². The highest BCUT2D eigenvalue weighted by molar-refractivity contribution is 6.08. The van der Waals surface area contributed by atoms with Gasteiger partial charge >= 0.3 is 6.03 Å². The van der Waals surface area contributed by atoms with Crippen molar-refractivity contribution < 1.29 is 14.4 Å². The Hall–Kier alpha value is -2.41. The molecule has 3 aliphatic rings. The smallest absolute Gasteiger partial charge is 0.322 e. The lowest BCUT2D eigenvalue weighted by Gasteiger charge is -2.30. The van der Waals surface area contributed by atoms with Crippen LogP contribution in [-0.2, 0) is 22.6 Å². The molecule has 162 valence electrons. The summed E-state index contributed by atoms with van der Waals surface area (Å²) in [5.74, 6) is -0.603. The number of benzene rings is 1. The number of carbonyl (C=O) groups excluding carboxylic acids is 3. The largest absolute Gasteiger partial charge is 0.344 e. The standard InChI is InChI=1S/C23H32N4O3/c1-2-17-6-8-18(9-7-17)16-26(19-10-11-19)15-12-20(28)25-27-21(29)23(24-22(27)30)13-4-3-5-14-23/h6-9,19H,2-5,10-16H2,1H3,(H,24,30)(H,25,28). The lowest BCUT2D eigenvalue weighted by molar-refractivity contribution is -0.140. The van der Waals surface area contributed by atoms with E-state index < -0.39 is 11.6 Å². The van der Waals surface area contributed by atoms with Gasteiger partial charge in [0, 0.05) is 25.6 Å². The van der Waals surface area contributed by atoms with Crippen molar-refractivity contribution in [3.05, 3.63) is 35.4 Å². The molecule has 0 atom stereocenters. The minimum absolute atomic E-state index is 0.258. The van der Waals surface area contributed by atoms with Gasteiger partial charge in [-0.1, -0.05) is 50.5 Å². The molecule has 4 amide bonds. The average molecular weight is 413 g/mol. The number of hydrazine groups is 1. The summed E-state index contributed by atoms with van der Waals surface area (Å²) in [4.78, 5) is 40.0. The second-order valence-corrected chi connectivity index (χ2v) is 8.87. The molecule has 1 aromatic carbocycles. The summed E-state index contributed by atoms with van der Waals surface area (Å²) in [7, 11) is 0. The van der Waals surface area contributed by atoms with E-state index in [1.54, 1.807) is 0 Å². The Morgan fingerprint density at radius 2 is 1.80 bits per heavy atom. The van der Waals surface area contributed by atoms with Crippen LogP contribution in [0.5, 0.6) is 0 Å². The van der Waals surface area contributed by atoms with Crippen LogP contribution in [0, 0.1) is 0 Å². The van der Waals surface area contributed by atoms with E-state index in [0.717, 1.165) is 50.1 Å². The fraction of sp³-hybridized carbons (Fsp3) is 0.609. The molecule has 0 aromatic heterocycles. The summed E-state index contributed by atoms with van der Waals surface area (Å²) in [6.07, 6.45) is 7.81. The first-order valence-corrected chi connectivity index (χ1v) is 11.3. The maximum Gasteiger partial charge on any atom is 0.344 e. The monoisotopic (exact) mass is 412 g/mol. The molecule has 2 aliphatic carbocycles. The predicted molar refractivity (Wildman–Crippen MR) is 113 cm³/mol. The third-order valence-corrected chi connectivity index (χ3v) is 6.61. The van der Waals surface area contributed by atoms with Gasteiger partial charge in [-0.25, -0.2) is 4.79 Å². The Bertz CT molecular complexity index is 797. The molecule has 2 N–H and O–H groups in total. The molecule has 4 rings (SSSR count). The van der Waals surface area contributed by atoms with Crippen molar-refractivity contribution in [1.82, 2.24) is 20.7 Å². The van der Waals surface area contributed by atoms with Gasteiger partial charge in [0.25, 0.3) is 5.91 Å². The molecule has 0 radical (unpaired) electrons. The molecule has 30 heavy (non-hydrogen) atoms. The second kappa shape index (κ2) is 8.76. The van der Waals surface area contributed by atoms with E-state index in [4.69, 9.17) is 0 Å². The van der Waals surface area contributed by atoms with Crippen LogP contribution in [0.1, 0.15) is 69.4 Å².